The Kier molecular flexibility index (Phi) is 63.6. The third-order valence-electron chi connectivity index (χ3n) is 0. The Morgan fingerprint density at radius 3 is 1.25 bits per heavy atom. The van der Waals surface area contributed by atoms with E-state index in [1.165, 1.54) is 30.9 Å². The van der Waals surface area contributed by atoms with Crippen LogP contribution in [0.25, 0.3) is 0 Å². The normalized spacial score (nSPS) is 1.25. The molecule has 11 valence electrons. The molecule has 0 heterocycles. The van der Waals surface area contributed by atoms with E-state index in [0.29, 0.717) is 0 Å². The summed E-state index contributed by atoms with van der Waals surface area (Å²) in [7, 11) is 0. The molecule has 0 nitrogen and oxygen atoms in total. The van der Waals surface area contributed by atoms with Crippen molar-refractivity contribution in [3.05, 3.63) is 0 Å². The molecule has 0 aromatic carbocycles. The van der Waals surface area contributed by atoms with Crippen molar-refractivity contribution in [1.82, 2.24) is 0 Å². The van der Waals surface area contributed by atoms with Crippen LogP contribution in [0.2, 0.25) is 0 Å². The van der Waals surface area contributed by atoms with Crippen LogP contribution >= 0.6 is 0 Å². The molecule has 4 heteroatoms. The molecule has 0 aromatic rings. The predicted molar refractivity (Wildman–Crippen MR) is 11.5 cm³/mol. The second-order valence-electron chi connectivity index (χ2n) is 0. The van der Waals surface area contributed by atoms with Crippen molar-refractivity contribution < 1.29 is 42.0 Å². The van der Waals surface area contributed by atoms with Gasteiger partial charge in [-0.2, -0.15) is 0 Å². The number of hydrogen-bond acceptors (Lipinski definition) is 0. The Bertz CT molecular complexity index is 8.00. The van der Waals surface area contributed by atoms with Crippen molar-refractivity contribution in [2.45, 2.75) is 0 Å². The van der Waals surface area contributed by atoms with Crippen LogP contribution in [0, 0.1) is 0 Å². The van der Waals surface area contributed by atoms with Gasteiger partial charge in [-0.05, 0) is 0 Å². The number of halogens is 1. The van der Waals surface area contributed by atoms with E-state index in [1.807, 2.05) is 14.3 Å². The summed E-state index contributed by atoms with van der Waals surface area (Å²) in [4.78, 5) is 0. The van der Waals surface area contributed by atoms with Gasteiger partial charge in [0.25, 0.3) is 0 Å². The quantitative estimate of drug-likeness (QED) is 0.281. The standard InChI is InChI=1S/Ca.ClH.Mg.Na/h;1H;;/q+1;;;+1/p-1. The first-order valence-electron chi connectivity index (χ1n) is 0.500. The van der Waals surface area contributed by atoms with Crippen LogP contribution in [-0.2, 0) is 0 Å². The smallest absolute Gasteiger partial charge is 1.00 e. The van der Waals surface area contributed by atoms with Crippen LogP contribution in [-0.4, -0.2) is 45.2 Å². The van der Waals surface area contributed by atoms with E-state index in [4.69, 9.17) is 0 Å². The van der Waals surface area contributed by atoms with E-state index in [0.717, 1.165) is 0 Å². The Labute approximate surface area is 84.7 Å². The molecule has 0 amide bonds. The maximum Gasteiger partial charge on any atom is 1.00 e. The second-order valence-corrected chi connectivity index (χ2v) is 0. The van der Waals surface area contributed by atoms with Crippen molar-refractivity contribution in [2.75, 3.05) is 0 Å². The first-order chi connectivity index (χ1) is 1.00. The molecular weight excluding hydrogens is 123 g/mol. The Balaban J connectivity index is -0.00000000500. The van der Waals surface area contributed by atoms with Gasteiger partial charge in [-0.15, -0.1) is 0 Å². The molecule has 0 rings (SSSR count). The van der Waals surface area contributed by atoms with Crippen LogP contribution in [0.1, 0.15) is 0 Å². The van der Waals surface area contributed by atoms with E-state index in [-0.39, 0.29) is 42.0 Å². The van der Waals surface area contributed by atoms with Crippen molar-refractivity contribution in [2.24, 2.45) is 0 Å². The third-order valence-corrected chi connectivity index (χ3v) is 0. The fraction of sp³-hybridized carbons (Fsp3) is 0. The van der Waals surface area contributed by atoms with E-state index >= 15 is 0 Å². The Hall–Kier alpha value is 3.32. The average Bonchev–Trinajstić information content (AvgIpc) is 1.00. The van der Waals surface area contributed by atoms with Crippen molar-refractivity contribution >= 4 is 45.2 Å². The van der Waals surface area contributed by atoms with Crippen molar-refractivity contribution in [3.8, 4) is 0 Å². The summed E-state index contributed by atoms with van der Waals surface area (Å²) >= 11 is 3.39. The van der Waals surface area contributed by atoms with E-state index in [1.54, 1.807) is 0 Å². The Morgan fingerprint density at radius 2 is 1.25 bits per heavy atom. The Morgan fingerprint density at radius 1 is 1.25 bits per heavy atom. The molecule has 0 atom stereocenters. The molecule has 1 radical (unpaired) electrons. The zero-order chi connectivity index (χ0) is 2.00. The molecule has 0 aliphatic rings. The van der Waals surface area contributed by atoms with Gasteiger partial charge in [-0.3, -0.25) is 0 Å². The fourth-order valence-corrected chi connectivity index (χ4v) is 0. The molecule has 0 spiro atoms. The van der Waals surface area contributed by atoms with E-state index in [2.05, 4.69) is 0 Å². The largest absolute Gasteiger partial charge is 1.00 e. The zero-order valence-corrected chi connectivity index (χ0v) is 9.17. The molecule has 0 aliphatic heterocycles. The molecule has 0 aliphatic carbocycles. The SMILES string of the molecule is [Cl-].[Mg][Ca+].[Na+]. The minimum Gasteiger partial charge on any atom is 1.00 e. The summed E-state index contributed by atoms with van der Waals surface area (Å²) < 4.78 is 0. The minimum absolute atomic E-state index is 0. The monoisotopic (exact) mass is 122 g/mol. The average molecular weight is 123 g/mol. The summed E-state index contributed by atoms with van der Waals surface area (Å²) in [5.41, 5.74) is 0. The molecule has 0 aromatic heterocycles. The van der Waals surface area contributed by atoms with Gasteiger partial charge in [0.1, 0.15) is 0 Å². The summed E-state index contributed by atoms with van der Waals surface area (Å²) in [5.74, 6) is 0. The van der Waals surface area contributed by atoms with Crippen LogP contribution in [0.4, 0.5) is 0 Å². The molecule has 0 unspecified atom stereocenters. The van der Waals surface area contributed by atoms with Gasteiger partial charge in [-0.25, -0.2) is 0 Å². The fourth-order valence-electron chi connectivity index (χ4n) is 0. The van der Waals surface area contributed by atoms with Crippen LogP contribution in [0.5, 0.6) is 0 Å². The first-order valence-corrected chi connectivity index (χ1v) is 6.18. The predicted octanol–water partition coefficient (Wildman–Crippen LogP) is -6.75. The third kappa shape index (κ3) is 9.01. The maximum atomic E-state index is 1.99. The first kappa shape index (κ1) is 15.7. The molecule has 0 fully saturated rings. The molecule has 0 saturated heterocycles. The van der Waals surface area contributed by atoms with E-state index < -0.39 is 0 Å². The van der Waals surface area contributed by atoms with Gasteiger partial charge in [0.05, 0.1) is 0 Å². The molecule has 0 saturated carbocycles. The van der Waals surface area contributed by atoms with E-state index in [9.17, 15) is 0 Å². The summed E-state index contributed by atoms with van der Waals surface area (Å²) in [6.45, 7) is 0. The number of hydrogen-bond donors (Lipinski definition) is 0. The van der Waals surface area contributed by atoms with Gasteiger partial charge in [-0.1, -0.05) is 0 Å². The summed E-state index contributed by atoms with van der Waals surface area (Å²) in [6.07, 6.45) is 0. The van der Waals surface area contributed by atoms with Crippen LogP contribution < -0.4 is 42.0 Å². The summed E-state index contributed by atoms with van der Waals surface area (Å²) in [6, 6.07) is 0. The second kappa shape index (κ2) is 16.2. The van der Waals surface area contributed by atoms with Gasteiger partial charge in [0.15, 0.2) is 0 Å². The van der Waals surface area contributed by atoms with Crippen LogP contribution in [0.15, 0.2) is 0 Å². The molecular formula is CaClMgNa+. The number of rotatable bonds is 0. The maximum absolute atomic E-state index is 1.99. The molecule has 4 heavy (non-hydrogen) atoms. The minimum atomic E-state index is 0. The van der Waals surface area contributed by atoms with Gasteiger partial charge >= 0.3 is 74.7 Å². The van der Waals surface area contributed by atoms with Gasteiger partial charge < -0.3 is 12.4 Å². The van der Waals surface area contributed by atoms with Gasteiger partial charge in [0, 0.05) is 0 Å². The molecule has 0 N–H and O–H groups in total. The topological polar surface area (TPSA) is 0 Å². The van der Waals surface area contributed by atoms with Crippen LogP contribution in [0.3, 0.4) is 0 Å². The van der Waals surface area contributed by atoms with Gasteiger partial charge in [0.2, 0.25) is 0 Å². The zero-order valence-electron chi connectivity index (χ0n) is 2.79. The summed E-state index contributed by atoms with van der Waals surface area (Å²) in [5, 5.41) is 0. The van der Waals surface area contributed by atoms with Crippen molar-refractivity contribution in [3.63, 3.8) is 0 Å². The molecule has 0 bridgehead atoms. The van der Waals surface area contributed by atoms with Crippen molar-refractivity contribution in [1.29, 1.82) is 0 Å².